The lowest BCUT2D eigenvalue weighted by atomic mass is 9.97. The van der Waals surface area contributed by atoms with Gasteiger partial charge in [-0.15, -0.1) is 0 Å². The first kappa shape index (κ1) is 11.5. The highest BCUT2D eigenvalue weighted by atomic mass is 15.4. The van der Waals surface area contributed by atoms with Crippen molar-refractivity contribution in [1.82, 2.24) is 9.78 Å². The molecule has 2 fully saturated rings. The molecule has 5 heteroatoms. The van der Waals surface area contributed by atoms with E-state index >= 15 is 0 Å². The molecule has 18 heavy (non-hydrogen) atoms. The van der Waals surface area contributed by atoms with Crippen LogP contribution in [-0.2, 0) is 7.05 Å². The number of nitrogens with two attached hydrogens (primary N) is 1. The van der Waals surface area contributed by atoms with Crippen LogP contribution in [0.25, 0.3) is 0 Å². The average Bonchev–Trinajstić information content (AvgIpc) is 2.72. The Bertz CT molecular complexity index is 498. The first-order valence-electron chi connectivity index (χ1n) is 6.59. The van der Waals surface area contributed by atoms with Gasteiger partial charge in [0, 0.05) is 25.2 Å². The maximum atomic E-state index is 9.33. The molecule has 0 saturated carbocycles. The molecule has 5 nitrogen and oxygen atoms in total. The van der Waals surface area contributed by atoms with Crippen LogP contribution in [0.2, 0.25) is 0 Å². The molecule has 96 valence electrons. The van der Waals surface area contributed by atoms with Crippen molar-refractivity contribution in [3.05, 3.63) is 11.3 Å². The standard InChI is InChI=1S/C13H19N5/c1-8-12(7-14)13(17(2)16-8)18-10-3-4-11(18)6-9(15)5-10/h9-11H,3-6,15H2,1-2H3. The zero-order valence-corrected chi connectivity index (χ0v) is 10.9. The van der Waals surface area contributed by atoms with E-state index in [1.54, 1.807) is 0 Å². The zero-order chi connectivity index (χ0) is 12.9. The van der Waals surface area contributed by atoms with Gasteiger partial charge in [0.25, 0.3) is 0 Å². The molecule has 2 aliphatic heterocycles. The Labute approximate surface area is 107 Å². The van der Waals surface area contributed by atoms with Crippen LogP contribution in [0.3, 0.4) is 0 Å². The van der Waals surface area contributed by atoms with Gasteiger partial charge < -0.3 is 10.6 Å². The van der Waals surface area contributed by atoms with Crippen LogP contribution in [0, 0.1) is 18.3 Å². The molecule has 2 saturated heterocycles. The van der Waals surface area contributed by atoms with Crippen LogP contribution in [0.4, 0.5) is 5.82 Å². The fourth-order valence-electron chi connectivity index (χ4n) is 3.64. The van der Waals surface area contributed by atoms with Gasteiger partial charge in [-0.3, -0.25) is 4.68 Å². The largest absolute Gasteiger partial charge is 0.350 e. The molecule has 1 aromatic heterocycles. The predicted octanol–water partition coefficient (Wildman–Crippen LogP) is 1.06. The van der Waals surface area contributed by atoms with E-state index in [2.05, 4.69) is 16.1 Å². The Morgan fingerprint density at radius 3 is 2.50 bits per heavy atom. The molecule has 0 amide bonds. The highest BCUT2D eigenvalue weighted by Gasteiger charge is 2.42. The van der Waals surface area contributed by atoms with E-state index in [4.69, 9.17) is 5.73 Å². The van der Waals surface area contributed by atoms with Gasteiger partial charge >= 0.3 is 0 Å². The molecule has 2 atom stereocenters. The molecule has 2 N–H and O–H groups in total. The summed E-state index contributed by atoms with van der Waals surface area (Å²) in [5, 5.41) is 13.7. The van der Waals surface area contributed by atoms with Crippen molar-refractivity contribution >= 4 is 5.82 Å². The number of fused-ring (bicyclic) bond motifs is 2. The summed E-state index contributed by atoms with van der Waals surface area (Å²) in [6, 6.07) is 3.60. The van der Waals surface area contributed by atoms with E-state index < -0.39 is 0 Å². The molecule has 1 aromatic rings. The van der Waals surface area contributed by atoms with Gasteiger partial charge in [0.1, 0.15) is 17.5 Å². The third-order valence-electron chi connectivity index (χ3n) is 4.32. The van der Waals surface area contributed by atoms with E-state index in [1.807, 2.05) is 18.7 Å². The number of piperidine rings is 1. The fourth-order valence-corrected chi connectivity index (χ4v) is 3.64. The Kier molecular flexibility index (Phi) is 2.56. The summed E-state index contributed by atoms with van der Waals surface area (Å²) in [5.41, 5.74) is 7.65. The van der Waals surface area contributed by atoms with E-state index in [1.165, 1.54) is 12.8 Å². The van der Waals surface area contributed by atoms with Crippen molar-refractivity contribution in [3.63, 3.8) is 0 Å². The van der Waals surface area contributed by atoms with Gasteiger partial charge in [0.05, 0.1) is 5.69 Å². The zero-order valence-electron chi connectivity index (χ0n) is 10.9. The summed E-state index contributed by atoms with van der Waals surface area (Å²) in [7, 11) is 1.93. The molecule has 2 bridgehead atoms. The van der Waals surface area contributed by atoms with Gasteiger partial charge in [-0.1, -0.05) is 0 Å². The van der Waals surface area contributed by atoms with Crippen LogP contribution in [0.15, 0.2) is 0 Å². The number of aryl methyl sites for hydroxylation is 2. The second kappa shape index (κ2) is 3.99. The normalized spacial score (nSPS) is 30.6. The van der Waals surface area contributed by atoms with Gasteiger partial charge in [-0.2, -0.15) is 10.4 Å². The predicted molar refractivity (Wildman–Crippen MR) is 69.2 cm³/mol. The molecular formula is C13H19N5. The number of nitrogens with zero attached hydrogens (tertiary/aromatic N) is 4. The van der Waals surface area contributed by atoms with Crippen LogP contribution >= 0.6 is 0 Å². The second-order valence-electron chi connectivity index (χ2n) is 5.54. The molecular weight excluding hydrogens is 226 g/mol. The molecule has 2 aliphatic rings. The minimum atomic E-state index is 0.318. The van der Waals surface area contributed by atoms with Crippen molar-refractivity contribution in [2.75, 3.05) is 4.90 Å². The Balaban J connectivity index is 2.04. The topological polar surface area (TPSA) is 70.9 Å². The van der Waals surface area contributed by atoms with E-state index in [0.29, 0.717) is 18.1 Å². The van der Waals surface area contributed by atoms with Crippen molar-refractivity contribution in [3.8, 4) is 6.07 Å². The van der Waals surface area contributed by atoms with E-state index in [9.17, 15) is 5.26 Å². The fraction of sp³-hybridized carbons (Fsp3) is 0.692. The summed E-state index contributed by atoms with van der Waals surface area (Å²) in [5.74, 6) is 0.995. The molecule has 0 radical (unpaired) electrons. The minimum Gasteiger partial charge on any atom is -0.350 e. The van der Waals surface area contributed by atoms with Crippen LogP contribution < -0.4 is 10.6 Å². The molecule has 0 spiro atoms. The van der Waals surface area contributed by atoms with Crippen molar-refractivity contribution in [2.24, 2.45) is 12.8 Å². The summed E-state index contributed by atoms with van der Waals surface area (Å²) < 4.78 is 1.86. The lowest BCUT2D eigenvalue weighted by molar-refractivity contribution is 0.407. The van der Waals surface area contributed by atoms with E-state index in [0.717, 1.165) is 29.9 Å². The number of nitriles is 1. The molecule has 0 aliphatic carbocycles. The van der Waals surface area contributed by atoms with Crippen LogP contribution in [0.1, 0.15) is 36.9 Å². The Morgan fingerprint density at radius 1 is 1.33 bits per heavy atom. The van der Waals surface area contributed by atoms with Gasteiger partial charge in [0.2, 0.25) is 0 Å². The third kappa shape index (κ3) is 1.52. The first-order valence-corrected chi connectivity index (χ1v) is 6.59. The van der Waals surface area contributed by atoms with Crippen molar-refractivity contribution in [1.29, 1.82) is 5.26 Å². The van der Waals surface area contributed by atoms with Gasteiger partial charge in [-0.05, 0) is 32.6 Å². The smallest absolute Gasteiger partial charge is 0.145 e. The lowest BCUT2D eigenvalue weighted by Crippen LogP contribution is -2.48. The summed E-state index contributed by atoms with van der Waals surface area (Å²) in [6.07, 6.45) is 4.44. The summed E-state index contributed by atoms with van der Waals surface area (Å²) in [6.45, 7) is 1.90. The SMILES string of the molecule is Cc1nn(C)c(N2C3CCC2CC(N)C3)c1C#N. The first-order chi connectivity index (χ1) is 8.61. The number of anilines is 1. The minimum absolute atomic E-state index is 0.318. The van der Waals surface area contributed by atoms with Gasteiger partial charge in [-0.25, -0.2) is 0 Å². The number of hydrogen-bond acceptors (Lipinski definition) is 4. The van der Waals surface area contributed by atoms with E-state index in [-0.39, 0.29) is 0 Å². The third-order valence-corrected chi connectivity index (χ3v) is 4.32. The molecule has 2 unspecified atom stereocenters. The molecule has 0 aromatic carbocycles. The Hall–Kier alpha value is -1.54. The quantitative estimate of drug-likeness (QED) is 0.803. The Morgan fingerprint density at radius 2 is 1.94 bits per heavy atom. The maximum Gasteiger partial charge on any atom is 0.145 e. The van der Waals surface area contributed by atoms with Crippen molar-refractivity contribution in [2.45, 2.75) is 50.7 Å². The van der Waals surface area contributed by atoms with Crippen LogP contribution in [-0.4, -0.2) is 27.9 Å². The number of aromatic nitrogens is 2. The monoisotopic (exact) mass is 245 g/mol. The summed E-state index contributed by atoms with van der Waals surface area (Å²) >= 11 is 0. The highest BCUT2D eigenvalue weighted by molar-refractivity contribution is 5.59. The lowest BCUT2D eigenvalue weighted by Gasteiger charge is -2.39. The van der Waals surface area contributed by atoms with Crippen LogP contribution in [0.5, 0.6) is 0 Å². The average molecular weight is 245 g/mol. The van der Waals surface area contributed by atoms with Crippen molar-refractivity contribution < 1.29 is 0 Å². The number of hydrogen-bond donors (Lipinski definition) is 1. The number of rotatable bonds is 1. The highest BCUT2D eigenvalue weighted by Crippen LogP contribution is 2.40. The van der Waals surface area contributed by atoms with Gasteiger partial charge in [0.15, 0.2) is 0 Å². The second-order valence-corrected chi connectivity index (χ2v) is 5.54. The molecule has 3 rings (SSSR count). The summed E-state index contributed by atoms with van der Waals surface area (Å²) in [4.78, 5) is 2.40. The molecule has 3 heterocycles. The maximum absolute atomic E-state index is 9.33.